The fourth-order valence-electron chi connectivity index (χ4n) is 1.15. The molecular formula is C11H14BrFN2O. The average Bonchev–Trinajstić information content (AvgIpc) is 2.24. The van der Waals surface area contributed by atoms with Gasteiger partial charge >= 0.3 is 0 Å². The molecule has 0 heterocycles. The molecule has 1 atom stereocenters. The van der Waals surface area contributed by atoms with Gasteiger partial charge in [-0.25, -0.2) is 4.39 Å². The Labute approximate surface area is 103 Å². The van der Waals surface area contributed by atoms with Gasteiger partial charge < -0.3 is 10.6 Å². The van der Waals surface area contributed by atoms with Crippen LogP contribution >= 0.6 is 15.9 Å². The highest BCUT2D eigenvalue weighted by Crippen LogP contribution is 2.24. The van der Waals surface area contributed by atoms with Crippen LogP contribution in [-0.2, 0) is 4.79 Å². The lowest BCUT2D eigenvalue weighted by Crippen LogP contribution is -2.35. The van der Waals surface area contributed by atoms with E-state index in [0.717, 1.165) is 0 Å². The van der Waals surface area contributed by atoms with Crippen LogP contribution in [0.25, 0.3) is 0 Å². The highest BCUT2D eigenvalue weighted by Gasteiger charge is 2.12. The van der Waals surface area contributed by atoms with Crippen molar-refractivity contribution in [3.05, 3.63) is 28.0 Å². The van der Waals surface area contributed by atoms with Crippen LogP contribution in [0, 0.1) is 12.7 Å². The Bertz CT molecular complexity index is 409. The number of rotatable bonds is 3. The van der Waals surface area contributed by atoms with Crippen LogP contribution in [0.2, 0.25) is 0 Å². The van der Waals surface area contributed by atoms with Gasteiger partial charge in [-0.1, -0.05) is 0 Å². The molecule has 88 valence electrons. The van der Waals surface area contributed by atoms with E-state index in [1.807, 2.05) is 0 Å². The quantitative estimate of drug-likeness (QED) is 0.897. The van der Waals surface area contributed by atoms with Gasteiger partial charge in [0.25, 0.3) is 0 Å². The molecule has 0 fully saturated rings. The Morgan fingerprint density at radius 2 is 2.12 bits per heavy atom. The van der Waals surface area contributed by atoms with E-state index in [4.69, 9.17) is 0 Å². The van der Waals surface area contributed by atoms with Crippen molar-refractivity contribution in [1.29, 1.82) is 0 Å². The third-order valence-electron chi connectivity index (χ3n) is 2.35. The molecular weight excluding hydrogens is 275 g/mol. The molecule has 1 aromatic carbocycles. The summed E-state index contributed by atoms with van der Waals surface area (Å²) in [6.45, 7) is 3.50. The lowest BCUT2D eigenvalue weighted by Gasteiger charge is -2.13. The number of hydrogen-bond donors (Lipinski definition) is 2. The number of anilines is 1. The summed E-state index contributed by atoms with van der Waals surface area (Å²) in [5, 5.41) is 5.56. The van der Waals surface area contributed by atoms with Crippen LogP contribution in [0.3, 0.4) is 0 Å². The van der Waals surface area contributed by atoms with Crippen molar-refractivity contribution in [1.82, 2.24) is 5.32 Å². The molecule has 0 saturated heterocycles. The van der Waals surface area contributed by atoms with Crippen molar-refractivity contribution < 1.29 is 9.18 Å². The molecule has 0 spiro atoms. The summed E-state index contributed by atoms with van der Waals surface area (Å²) < 4.78 is 13.5. The Kier molecular flexibility index (Phi) is 4.44. The van der Waals surface area contributed by atoms with Gasteiger partial charge in [0.2, 0.25) is 5.91 Å². The minimum Gasteiger partial charge on any atom is -0.324 e. The maximum absolute atomic E-state index is 13.1. The van der Waals surface area contributed by atoms with Gasteiger partial charge in [-0.3, -0.25) is 4.79 Å². The zero-order chi connectivity index (χ0) is 12.3. The van der Waals surface area contributed by atoms with Gasteiger partial charge in [-0.2, -0.15) is 0 Å². The molecule has 0 aliphatic rings. The molecule has 1 aromatic rings. The second-order valence-electron chi connectivity index (χ2n) is 3.58. The molecule has 5 heteroatoms. The number of nitrogens with one attached hydrogen (secondary N) is 2. The normalized spacial score (nSPS) is 12.3. The molecule has 0 saturated carbocycles. The Morgan fingerprint density at radius 1 is 1.50 bits per heavy atom. The van der Waals surface area contributed by atoms with Crippen molar-refractivity contribution in [3.63, 3.8) is 0 Å². The average molecular weight is 289 g/mol. The lowest BCUT2D eigenvalue weighted by molar-refractivity contribution is -0.117. The molecule has 0 aromatic heterocycles. The molecule has 1 rings (SSSR count). The van der Waals surface area contributed by atoms with Crippen LogP contribution in [0.15, 0.2) is 16.6 Å². The Morgan fingerprint density at radius 3 is 2.69 bits per heavy atom. The topological polar surface area (TPSA) is 41.1 Å². The summed E-state index contributed by atoms with van der Waals surface area (Å²) in [6, 6.07) is 2.65. The van der Waals surface area contributed by atoms with Gasteiger partial charge in [0.15, 0.2) is 0 Å². The summed E-state index contributed by atoms with van der Waals surface area (Å²) in [4.78, 5) is 11.6. The van der Waals surface area contributed by atoms with Gasteiger partial charge in [0.1, 0.15) is 5.82 Å². The zero-order valence-corrected chi connectivity index (χ0v) is 11.0. The first-order valence-electron chi connectivity index (χ1n) is 4.89. The van der Waals surface area contributed by atoms with E-state index in [0.29, 0.717) is 15.7 Å². The first-order chi connectivity index (χ1) is 7.45. The summed E-state index contributed by atoms with van der Waals surface area (Å²) in [5.74, 6) is -0.485. The van der Waals surface area contributed by atoms with E-state index in [-0.39, 0.29) is 17.8 Å². The molecule has 0 radical (unpaired) electrons. The largest absolute Gasteiger partial charge is 0.324 e. The monoisotopic (exact) mass is 288 g/mol. The molecule has 3 nitrogen and oxygen atoms in total. The van der Waals surface area contributed by atoms with E-state index >= 15 is 0 Å². The molecule has 16 heavy (non-hydrogen) atoms. The molecule has 0 aliphatic carbocycles. The summed E-state index contributed by atoms with van der Waals surface area (Å²) in [5.41, 5.74) is 1.30. The van der Waals surface area contributed by atoms with Gasteiger partial charge in [0.05, 0.1) is 10.5 Å². The van der Waals surface area contributed by atoms with Gasteiger partial charge in [0, 0.05) is 5.69 Å². The van der Waals surface area contributed by atoms with Crippen LogP contribution in [0.4, 0.5) is 10.1 Å². The van der Waals surface area contributed by atoms with E-state index in [2.05, 4.69) is 26.6 Å². The molecule has 2 N–H and O–H groups in total. The zero-order valence-electron chi connectivity index (χ0n) is 9.40. The Hall–Kier alpha value is -0.940. The fourth-order valence-corrected chi connectivity index (χ4v) is 1.50. The molecule has 1 unspecified atom stereocenters. The number of halogens is 2. The van der Waals surface area contributed by atoms with Crippen molar-refractivity contribution >= 4 is 27.5 Å². The van der Waals surface area contributed by atoms with Gasteiger partial charge in [-0.15, -0.1) is 0 Å². The van der Waals surface area contributed by atoms with Crippen molar-refractivity contribution in [2.75, 3.05) is 12.4 Å². The minimum absolute atomic E-state index is 0.149. The third-order valence-corrected chi connectivity index (χ3v) is 2.96. The van der Waals surface area contributed by atoms with Crippen LogP contribution in [0.1, 0.15) is 12.5 Å². The SMILES string of the molecule is CNC(C)C(=O)Nc1cc(Br)c(F)cc1C. The minimum atomic E-state index is -0.336. The number of benzene rings is 1. The van der Waals surface area contributed by atoms with E-state index in [1.54, 1.807) is 27.0 Å². The van der Waals surface area contributed by atoms with Crippen LogP contribution < -0.4 is 10.6 Å². The number of carbonyl (C=O) groups excluding carboxylic acids is 1. The molecule has 1 amide bonds. The number of amides is 1. The first kappa shape index (κ1) is 13.1. The predicted molar refractivity (Wildman–Crippen MR) is 66.0 cm³/mol. The molecule has 0 bridgehead atoms. The molecule has 0 aliphatic heterocycles. The van der Waals surface area contributed by atoms with E-state index in [9.17, 15) is 9.18 Å². The van der Waals surface area contributed by atoms with Gasteiger partial charge in [-0.05, 0) is 54.5 Å². The van der Waals surface area contributed by atoms with Crippen LogP contribution in [-0.4, -0.2) is 19.0 Å². The summed E-state index contributed by atoms with van der Waals surface area (Å²) in [7, 11) is 1.71. The van der Waals surface area contributed by atoms with Crippen molar-refractivity contribution in [3.8, 4) is 0 Å². The maximum atomic E-state index is 13.1. The Balaban J connectivity index is 2.90. The van der Waals surface area contributed by atoms with Crippen molar-refractivity contribution in [2.45, 2.75) is 19.9 Å². The second kappa shape index (κ2) is 5.41. The summed E-state index contributed by atoms with van der Waals surface area (Å²) >= 11 is 3.08. The number of hydrogen-bond acceptors (Lipinski definition) is 2. The fraction of sp³-hybridized carbons (Fsp3) is 0.364. The standard InChI is InChI=1S/C11H14BrFN2O/c1-6-4-9(13)8(12)5-10(6)15-11(16)7(2)14-3/h4-5,7,14H,1-3H3,(H,15,16). The predicted octanol–water partition coefficient (Wildman–Crippen LogP) is 2.44. The smallest absolute Gasteiger partial charge is 0.241 e. The first-order valence-corrected chi connectivity index (χ1v) is 5.68. The second-order valence-corrected chi connectivity index (χ2v) is 4.44. The number of carbonyl (C=O) groups is 1. The highest BCUT2D eigenvalue weighted by atomic mass is 79.9. The third kappa shape index (κ3) is 3.02. The number of aryl methyl sites for hydroxylation is 1. The number of likely N-dealkylation sites (N-methyl/N-ethyl adjacent to an activating group) is 1. The highest BCUT2D eigenvalue weighted by molar-refractivity contribution is 9.10. The lowest BCUT2D eigenvalue weighted by atomic mass is 10.2. The van der Waals surface area contributed by atoms with E-state index in [1.165, 1.54) is 6.07 Å². The summed E-state index contributed by atoms with van der Waals surface area (Å²) in [6.07, 6.45) is 0. The maximum Gasteiger partial charge on any atom is 0.241 e. The van der Waals surface area contributed by atoms with Crippen molar-refractivity contribution in [2.24, 2.45) is 0 Å². The van der Waals surface area contributed by atoms with E-state index < -0.39 is 0 Å². The van der Waals surface area contributed by atoms with Crippen LogP contribution in [0.5, 0.6) is 0 Å².